The zero-order valence-electron chi connectivity index (χ0n) is 17.9. The molecule has 4 atom stereocenters. The van der Waals surface area contributed by atoms with Crippen LogP contribution in [-0.2, 0) is 14.3 Å². The summed E-state index contributed by atoms with van der Waals surface area (Å²) < 4.78 is 16.4. The van der Waals surface area contributed by atoms with Crippen LogP contribution < -0.4 is 15.0 Å². The maximum absolute atomic E-state index is 13.0. The Morgan fingerprint density at radius 2 is 2.00 bits per heavy atom. The smallest absolute Gasteiger partial charge is 0.264 e. The molecule has 1 aliphatic carbocycles. The van der Waals surface area contributed by atoms with Crippen molar-refractivity contribution in [2.45, 2.75) is 25.0 Å². The zero-order valence-corrected chi connectivity index (χ0v) is 17.9. The molecule has 0 bridgehead atoms. The van der Waals surface area contributed by atoms with E-state index < -0.39 is 0 Å². The van der Waals surface area contributed by atoms with Crippen LogP contribution in [0.1, 0.15) is 23.2 Å². The second-order valence-electron chi connectivity index (χ2n) is 8.52. The molecular weight excluding hydrogens is 386 g/mol. The molecule has 2 aliphatic heterocycles. The molecule has 1 N–H and O–H groups in total. The number of amides is 2. The number of hydrogen-bond acceptors (Lipinski definition) is 6. The van der Waals surface area contributed by atoms with Gasteiger partial charge in [0.2, 0.25) is 0 Å². The topological polar surface area (TPSA) is 80.3 Å². The van der Waals surface area contributed by atoms with Crippen LogP contribution in [0.15, 0.2) is 18.2 Å². The molecule has 0 aromatic heterocycles. The lowest BCUT2D eigenvalue weighted by Crippen LogP contribution is -2.50. The van der Waals surface area contributed by atoms with Gasteiger partial charge >= 0.3 is 0 Å². The summed E-state index contributed by atoms with van der Waals surface area (Å²) in [6.45, 7) is 3.82. The maximum Gasteiger partial charge on any atom is 0.264 e. The van der Waals surface area contributed by atoms with Gasteiger partial charge in [-0.25, -0.2) is 0 Å². The Hall–Kier alpha value is -2.16. The van der Waals surface area contributed by atoms with Gasteiger partial charge in [0.25, 0.3) is 11.8 Å². The molecule has 1 saturated heterocycles. The van der Waals surface area contributed by atoms with Crippen LogP contribution in [0.25, 0.3) is 0 Å². The van der Waals surface area contributed by atoms with Gasteiger partial charge in [-0.05, 0) is 42.9 Å². The predicted molar refractivity (Wildman–Crippen MR) is 112 cm³/mol. The Morgan fingerprint density at radius 3 is 2.73 bits per heavy atom. The minimum atomic E-state index is -0.149. The van der Waals surface area contributed by atoms with Crippen molar-refractivity contribution in [3.8, 4) is 5.75 Å². The summed E-state index contributed by atoms with van der Waals surface area (Å²) in [5, 5.41) is 3.19. The highest BCUT2D eigenvalue weighted by molar-refractivity contribution is 6.01. The lowest BCUT2D eigenvalue weighted by molar-refractivity contribution is -0.120. The number of anilines is 1. The van der Waals surface area contributed by atoms with Gasteiger partial charge in [0, 0.05) is 46.5 Å². The third kappa shape index (κ3) is 4.17. The number of nitrogens with zero attached hydrogens (tertiary/aromatic N) is 2. The monoisotopic (exact) mass is 417 g/mol. The first-order valence-electron chi connectivity index (χ1n) is 10.6. The Balaban J connectivity index is 1.43. The molecule has 2 heterocycles. The number of benzene rings is 1. The van der Waals surface area contributed by atoms with E-state index in [2.05, 4.69) is 10.2 Å². The van der Waals surface area contributed by atoms with Gasteiger partial charge in [-0.2, -0.15) is 0 Å². The number of ether oxygens (including phenoxy) is 3. The molecule has 0 unspecified atom stereocenters. The summed E-state index contributed by atoms with van der Waals surface area (Å²) in [4.78, 5) is 28.9. The van der Waals surface area contributed by atoms with Crippen molar-refractivity contribution in [3.63, 3.8) is 0 Å². The molecule has 3 aliphatic rings. The molecule has 1 aromatic carbocycles. The number of likely N-dealkylation sites (N-methyl/N-ethyl adjacent to an activating group) is 1. The molecular formula is C22H31N3O5. The van der Waals surface area contributed by atoms with E-state index in [1.807, 2.05) is 0 Å². The van der Waals surface area contributed by atoms with Crippen molar-refractivity contribution in [2.24, 2.45) is 11.8 Å². The number of methoxy groups -OCH3 is 2. The SMILES string of the molecule is COCCN1C[C@H]2C[C@H](OC)[C@@H](NC(=O)c3ccc4c(c3)N(C)C(=O)CO4)C[C@H]2C1. The van der Waals surface area contributed by atoms with Gasteiger partial charge in [0.05, 0.1) is 24.4 Å². The maximum atomic E-state index is 13.0. The van der Waals surface area contributed by atoms with E-state index >= 15 is 0 Å². The third-order valence-electron chi connectivity index (χ3n) is 6.73. The Kier molecular flexibility index (Phi) is 6.26. The summed E-state index contributed by atoms with van der Waals surface area (Å²) in [6.07, 6.45) is 1.86. The molecule has 0 radical (unpaired) electrons. The van der Waals surface area contributed by atoms with Crippen LogP contribution in [-0.4, -0.2) is 83.0 Å². The Morgan fingerprint density at radius 1 is 1.23 bits per heavy atom. The number of hydrogen-bond donors (Lipinski definition) is 1. The fourth-order valence-electron chi connectivity index (χ4n) is 4.99. The summed E-state index contributed by atoms with van der Waals surface area (Å²) >= 11 is 0. The van der Waals surface area contributed by atoms with Gasteiger partial charge < -0.3 is 29.3 Å². The van der Waals surface area contributed by atoms with E-state index in [9.17, 15) is 9.59 Å². The lowest BCUT2D eigenvalue weighted by atomic mass is 9.77. The van der Waals surface area contributed by atoms with Gasteiger partial charge in [-0.3, -0.25) is 9.59 Å². The van der Waals surface area contributed by atoms with Crippen LogP contribution in [0, 0.1) is 11.8 Å². The van der Waals surface area contributed by atoms with Gasteiger partial charge in [0.15, 0.2) is 6.61 Å². The van der Waals surface area contributed by atoms with Crippen LogP contribution in [0.5, 0.6) is 5.75 Å². The molecule has 2 fully saturated rings. The number of carbonyl (C=O) groups is 2. The molecule has 0 spiro atoms. The fourth-order valence-corrected chi connectivity index (χ4v) is 4.99. The number of rotatable bonds is 6. The second kappa shape index (κ2) is 8.91. The number of likely N-dealkylation sites (tertiary alicyclic amines) is 1. The molecule has 8 nitrogen and oxygen atoms in total. The van der Waals surface area contributed by atoms with Crippen LogP contribution in [0.2, 0.25) is 0 Å². The summed E-state index contributed by atoms with van der Waals surface area (Å²) in [5.74, 6) is 1.49. The zero-order chi connectivity index (χ0) is 21.3. The first-order chi connectivity index (χ1) is 14.5. The van der Waals surface area contributed by atoms with Crippen LogP contribution in [0.3, 0.4) is 0 Å². The van der Waals surface area contributed by atoms with E-state index in [1.54, 1.807) is 39.5 Å². The molecule has 2 amide bonds. The van der Waals surface area contributed by atoms with E-state index in [1.165, 1.54) is 4.90 Å². The highest BCUT2D eigenvalue weighted by Crippen LogP contribution is 2.38. The van der Waals surface area contributed by atoms with Gasteiger partial charge in [-0.15, -0.1) is 0 Å². The Bertz CT molecular complexity index is 801. The number of nitrogens with one attached hydrogen (secondary N) is 1. The summed E-state index contributed by atoms with van der Waals surface area (Å²) in [5.41, 5.74) is 1.14. The van der Waals surface area contributed by atoms with Crippen LogP contribution in [0.4, 0.5) is 5.69 Å². The fraction of sp³-hybridized carbons (Fsp3) is 0.636. The number of carbonyl (C=O) groups excluding carboxylic acids is 2. The average molecular weight is 418 g/mol. The lowest BCUT2D eigenvalue weighted by Gasteiger charge is -2.37. The first kappa shape index (κ1) is 21.1. The quantitative estimate of drug-likeness (QED) is 0.748. The largest absolute Gasteiger partial charge is 0.482 e. The van der Waals surface area contributed by atoms with Gasteiger partial charge in [0.1, 0.15) is 5.75 Å². The molecule has 164 valence electrons. The second-order valence-corrected chi connectivity index (χ2v) is 8.52. The average Bonchev–Trinajstić information content (AvgIpc) is 3.15. The van der Waals surface area contributed by atoms with Crippen molar-refractivity contribution in [1.29, 1.82) is 0 Å². The molecule has 30 heavy (non-hydrogen) atoms. The van der Waals surface area contributed by atoms with E-state index in [-0.39, 0.29) is 30.6 Å². The normalized spacial score (nSPS) is 28.6. The summed E-state index contributed by atoms with van der Waals surface area (Å²) in [7, 11) is 5.15. The van der Waals surface area contributed by atoms with Gasteiger partial charge in [-0.1, -0.05) is 0 Å². The first-order valence-corrected chi connectivity index (χ1v) is 10.6. The standard InChI is InChI=1S/C22H31N3O5/c1-24-18-9-14(4-5-19(18)30-13-21(24)26)22(27)23-17-8-15-11-25(6-7-28-2)12-16(15)10-20(17)29-3/h4-5,9,15-17,20H,6-8,10-13H2,1-3H3,(H,23,27)/t15-,16+,17-,20-/m0/s1. The minimum absolute atomic E-state index is 0.00258. The van der Waals surface area contributed by atoms with Crippen LogP contribution >= 0.6 is 0 Å². The van der Waals surface area contributed by atoms with E-state index in [4.69, 9.17) is 14.2 Å². The molecule has 1 saturated carbocycles. The highest BCUT2D eigenvalue weighted by Gasteiger charge is 2.42. The molecule has 8 heteroatoms. The highest BCUT2D eigenvalue weighted by atomic mass is 16.5. The third-order valence-corrected chi connectivity index (χ3v) is 6.73. The Labute approximate surface area is 177 Å². The van der Waals surface area contributed by atoms with Crippen molar-refractivity contribution < 1.29 is 23.8 Å². The number of fused-ring (bicyclic) bond motifs is 2. The van der Waals surface area contributed by atoms with E-state index in [0.717, 1.165) is 39.1 Å². The van der Waals surface area contributed by atoms with Crippen molar-refractivity contribution in [1.82, 2.24) is 10.2 Å². The predicted octanol–water partition coefficient (Wildman–Crippen LogP) is 1.14. The molecule has 1 aromatic rings. The summed E-state index contributed by atoms with van der Waals surface area (Å²) in [6, 6.07) is 5.19. The van der Waals surface area contributed by atoms with E-state index in [0.29, 0.717) is 28.8 Å². The van der Waals surface area contributed by atoms with Crippen molar-refractivity contribution in [3.05, 3.63) is 23.8 Å². The van der Waals surface area contributed by atoms with Crippen molar-refractivity contribution in [2.75, 3.05) is 59.0 Å². The minimum Gasteiger partial charge on any atom is -0.482 e. The molecule has 4 rings (SSSR count). The van der Waals surface area contributed by atoms with Crippen molar-refractivity contribution >= 4 is 17.5 Å².